The highest BCUT2D eigenvalue weighted by molar-refractivity contribution is 8.09. The molecule has 0 saturated carbocycles. The van der Waals surface area contributed by atoms with Crippen LogP contribution in [0.3, 0.4) is 0 Å². The number of carboxylic acids is 1. The summed E-state index contributed by atoms with van der Waals surface area (Å²) in [5.41, 5.74) is 4.11. The number of hydrogen-bond donors (Lipinski definition) is 1. The van der Waals surface area contributed by atoms with Gasteiger partial charge in [-0.05, 0) is 55.9 Å². The molecule has 0 atom stereocenters. The summed E-state index contributed by atoms with van der Waals surface area (Å²) < 4.78 is 0. The van der Waals surface area contributed by atoms with Gasteiger partial charge in [-0.2, -0.15) is 0 Å². The van der Waals surface area contributed by atoms with E-state index in [1.165, 1.54) is 4.88 Å². The van der Waals surface area contributed by atoms with Gasteiger partial charge in [-0.15, -0.1) is 23.1 Å². The average molecular weight is 412 g/mol. The summed E-state index contributed by atoms with van der Waals surface area (Å²) in [5.74, 6) is -0.959. The molecule has 0 spiro atoms. The molecule has 0 amide bonds. The zero-order valence-corrected chi connectivity index (χ0v) is 17.3. The maximum Gasteiger partial charge on any atom is 0.260 e. The number of aromatic amines is 1. The minimum absolute atomic E-state index is 0.152. The van der Waals surface area contributed by atoms with Gasteiger partial charge < -0.3 is 14.9 Å². The lowest BCUT2D eigenvalue weighted by atomic mass is 10.1. The fourth-order valence-corrected chi connectivity index (χ4v) is 5.47. The van der Waals surface area contributed by atoms with Crippen molar-refractivity contribution in [2.75, 3.05) is 5.75 Å². The van der Waals surface area contributed by atoms with Crippen LogP contribution in [-0.2, 0) is 17.6 Å². The molecule has 3 aromatic rings. The first kappa shape index (κ1) is 19.0. The predicted molar refractivity (Wildman–Crippen MR) is 114 cm³/mol. The lowest BCUT2D eigenvalue weighted by Gasteiger charge is -2.10. The first-order valence-electron chi connectivity index (χ1n) is 9.09. The van der Waals surface area contributed by atoms with Gasteiger partial charge >= 0.3 is 0 Å². The Morgan fingerprint density at radius 3 is 2.96 bits per heavy atom. The second-order valence-electron chi connectivity index (χ2n) is 6.98. The van der Waals surface area contributed by atoms with Crippen molar-refractivity contribution in [2.45, 2.75) is 33.1 Å². The quantitative estimate of drug-likeness (QED) is 0.697. The third-order valence-electron chi connectivity index (χ3n) is 4.88. The first-order valence-corrected chi connectivity index (χ1v) is 10.9. The van der Waals surface area contributed by atoms with Gasteiger partial charge in [0.2, 0.25) is 0 Å². The number of hydrogen-bond acceptors (Lipinski definition) is 6. The fraction of sp³-hybridized carbons (Fsp3) is 0.286. The molecular formula is C21H19N2O3S2-. The molecule has 4 rings (SSSR count). The van der Waals surface area contributed by atoms with Gasteiger partial charge in [0.15, 0.2) is 0 Å². The van der Waals surface area contributed by atoms with E-state index in [-0.39, 0.29) is 11.3 Å². The highest BCUT2D eigenvalue weighted by Crippen LogP contribution is 2.36. The Hall–Kier alpha value is -2.38. The van der Waals surface area contributed by atoms with Crippen LogP contribution in [-0.4, -0.2) is 21.7 Å². The second kappa shape index (κ2) is 7.56. The Kier molecular flexibility index (Phi) is 5.12. The third kappa shape index (κ3) is 3.64. The molecule has 28 heavy (non-hydrogen) atoms. The smallest absolute Gasteiger partial charge is 0.260 e. The molecule has 1 aliphatic carbocycles. The summed E-state index contributed by atoms with van der Waals surface area (Å²) in [4.78, 5) is 34.0. The number of nitrogens with one attached hydrogen (secondary N) is 1. The number of H-pyrrole nitrogens is 1. The van der Waals surface area contributed by atoms with E-state index in [4.69, 9.17) is 0 Å². The number of aryl methyl sites for hydroxylation is 4. The molecule has 0 unspecified atom stereocenters. The van der Waals surface area contributed by atoms with E-state index in [2.05, 4.69) is 9.97 Å². The molecule has 0 fully saturated rings. The fourth-order valence-electron chi connectivity index (χ4n) is 3.49. The van der Waals surface area contributed by atoms with E-state index in [0.717, 1.165) is 58.1 Å². The molecular weight excluding hydrogens is 392 g/mol. The summed E-state index contributed by atoms with van der Waals surface area (Å²) in [7, 11) is 0. The van der Waals surface area contributed by atoms with E-state index in [1.54, 1.807) is 11.3 Å². The molecule has 5 nitrogen and oxygen atoms in total. The molecule has 144 valence electrons. The number of carbonyl (C=O) groups excluding carboxylic acids is 1. The van der Waals surface area contributed by atoms with Gasteiger partial charge in [0.05, 0.1) is 16.3 Å². The van der Waals surface area contributed by atoms with Crippen molar-refractivity contribution in [2.24, 2.45) is 0 Å². The van der Waals surface area contributed by atoms with Crippen LogP contribution in [0.5, 0.6) is 0 Å². The van der Waals surface area contributed by atoms with E-state index >= 15 is 0 Å². The minimum atomic E-state index is -1.16. The molecule has 7 heteroatoms. The van der Waals surface area contributed by atoms with Crippen LogP contribution in [0.25, 0.3) is 21.2 Å². The van der Waals surface area contributed by atoms with E-state index in [0.29, 0.717) is 16.1 Å². The number of thioether (sulfide) groups is 1. The maximum absolute atomic E-state index is 12.8. The van der Waals surface area contributed by atoms with Crippen molar-refractivity contribution in [3.8, 4) is 0 Å². The summed E-state index contributed by atoms with van der Waals surface area (Å²) >= 11 is 2.68. The summed E-state index contributed by atoms with van der Waals surface area (Å²) in [6, 6.07) is 6.08. The number of aromatic nitrogens is 2. The Morgan fingerprint density at radius 2 is 2.18 bits per heavy atom. The SMILES string of the molecule is Cc1ccc(C)c(/C=C(\SCC(=O)[O-])c2nc3sc4c(c3c(=O)[nH]2)CCC4)c1. The van der Waals surface area contributed by atoms with Gasteiger partial charge in [-0.25, -0.2) is 4.98 Å². The van der Waals surface area contributed by atoms with Crippen molar-refractivity contribution in [3.05, 3.63) is 61.5 Å². The Bertz CT molecular complexity index is 1170. The number of nitrogens with zero attached hydrogens (tertiary/aromatic N) is 1. The van der Waals surface area contributed by atoms with E-state index < -0.39 is 5.97 Å². The average Bonchev–Trinajstić information content (AvgIpc) is 3.21. The van der Waals surface area contributed by atoms with Crippen molar-refractivity contribution >= 4 is 50.3 Å². The van der Waals surface area contributed by atoms with Crippen LogP contribution in [0.1, 0.15) is 39.4 Å². The van der Waals surface area contributed by atoms with Gasteiger partial charge in [0.1, 0.15) is 10.7 Å². The highest BCUT2D eigenvalue weighted by atomic mass is 32.2. The van der Waals surface area contributed by atoms with Crippen LogP contribution in [0.2, 0.25) is 0 Å². The van der Waals surface area contributed by atoms with Gasteiger partial charge in [-0.1, -0.05) is 23.8 Å². The van der Waals surface area contributed by atoms with Gasteiger partial charge in [0.25, 0.3) is 5.56 Å². The first-order chi connectivity index (χ1) is 13.4. The maximum atomic E-state index is 12.8. The third-order valence-corrected chi connectivity index (χ3v) is 7.06. The standard InChI is InChI=1S/C21H20N2O3S2/c1-11-6-7-12(2)13(8-11)9-16(27-10-17(24)25)19-22-20(26)18-14-4-3-5-15(14)28-21(18)23-19/h6-9H,3-5,10H2,1-2H3,(H,24,25)(H,22,23,26)/p-1/b16-9-. The Labute approximate surface area is 170 Å². The molecule has 0 bridgehead atoms. The van der Waals surface area contributed by atoms with E-state index in [1.807, 2.05) is 38.1 Å². The Balaban J connectivity index is 1.84. The van der Waals surface area contributed by atoms with E-state index in [9.17, 15) is 14.7 Å². The van der Waals surface area contributed by atoms with Crippen molar-refractivity contribution < 1.29 is 9.90 Å². The lowest BCUT2D eigenvalue weighted by Crippen LogP contribution is -2.24. The lowest BCUT2D eigenvalue weighted by molar-refractivity contribution is -0.301. The number of thiophene rings is 1. The Morgan fingerprint density at radius 1 is 1.36 bits per heavy atom. The molecule has 0 radical (unpaired) electrons. The molecule has 0 aliphatic heterocycles. The summed E-state index contributed by atoms with van der Waals surface area (Å²) in [6.07, 6.45) is 4.89. The van der Waals surface area contributed by atoms with Crippen molar-refractivity contribution in [1.82, 2.24) is 9.97 Å². The van der Waals surface area contributed by atoms with Crippen LogP contribution >= 0.6 is 23.1 Å². The van der Waals surface area contributed by atoms with Crippen LogP contribution in [0.15, 0.2) is 23.0 Å². The van der Waals surface area contributed by atoms with Gasteiger partial charge in [0, 0.05) is 10.6 Å². The normalized spacial score (nSPS) is 13.9. The number of rotatable bonds is 5. The zero-order chi connectivity index (χ0) is 19.8. The predicted octanol–water partition coefficient (Wildman–Crippen LogP) is 3.07. The summed E-state index contributed by atoms with van der Waals surface area (Å²) in [6.45, 7) is 4.00. The minimum Gasteiger partial charge on any atom is -0.549 e. The van der Waals surface area contributed by atoms with Crippen molar-refractivity contribution in [1.29, 1.82) is 0 Å². The van der Waals surface area contributed by atoms with Crippen LogP contribution in [0, 0.1) is 13.8 Å². The topological polar surface area (TPSA) is 85.9 Å². The van der Waals surface area contributed by atoms with Crippen molar-refractivity contribution in [3.63, 3.8) is 0 Å². The summed E-state index contributed by atoms with van der Waals surface area (Å²) in [5, 5.41) is 11.7. The molecule has 1 aromatic carbocycles. The highest BCUT2D eigenvalue weighted by Gasteiger charge is 2.22. The molecule has 2 aromatic heterocycles. The molecule has 2 heterocycles. The number of benzene rings is 1. The van der Waals surface area contributed by atoms with Crippen LogP contribution in [0.4, 0.5) is 0 Å². The largest absolute Gasteiger partial charge is 0.549 e. The number of aliphatic carboxylic acids is 1. The number of carboxylic acid groups (broad SMARTS) is 1. The van der Waals surface area contributed by atoms with Gasteiger partial charge in [-0.3, -0.25) is 4.79 Å². The molecule has 1 N–H and O–H groups in total. The number of fused-ring (bicyclic) bond motifs is 3. The zero-order valence-electron chi connectivity index (χ0n) is 15.6. The second-order valence-corrected chi connectivity index (χ2v) is 9.08. The monoisotopic (exact) mass is 411 g/mol. The molecule has 1 aliphatic rings. The molecule has 0 saturated heterocycles. The van der Waals surface area contributed by atoms with Crippen LogP contribution < -0.4 is 10.7 Å². The number of carbonyl (C=O) groups is 1.